The van der Waals surface area contributed by atoms with Gasteiger partial charge in [-0.15, -0.1) is 0 Å². The Morgan fingerprint density at radius 2 is 1.14 bits per heavy atom. The first kappa shape index (κ1) is 64.1. The summed E-state index contributed by atoms with van der Waals surface area (Å²) in [6.07, 6.45) is -0.630. The van der Waals surface area contributed by atoms with E-state index < -0.39 is 101 Å². The van der Waals surface area contributed by atoms with E-state index in [4.69, 9.17) is 11.5 Å². The lowest BCUT2D eigenvalue weighted by Gasteiger charge is -2.29. The minimum absolute atomic E-state index is 0.00674. The van der Waals surface area contributed by atoms with E-state index in [9.17, 15) is 62.6 Å². The highest BCUT2D eigenvalue weighted by molar-refractivity contribution is 5.98. The Bertz CT molecular complexity index is 1920. The number of carbonyl (C=O) groups excluding carboxylic acids is 12. The number of Topliss-reactive ketones (excluding diaryl/α,β-unsaturated/α-hetero) is 2. The van der Waals surface area contributed by atoms with Gasteiger partial charge in [0.15, 0.2) is 5.78 Å². The molecule has 0 saturated carbocycles. The molecule has 0 fully saturated rings. The topological polar surface area (TPSA) is 373 Å². The number of carbonyl (C=O) groups is 12. The van der Waals surface area contributed by atoms with Gasteiger partial charge in [0.05, 0.1) is 19.0 Å². The first-order chi connectivity index (χ1) is 32.2. The van der Waals surface area contributed by atoms with Crippen LogP contribution in [0.2, 0.25) is 0 Å². The predicted octanol–water partition coefficient (Wildman–Crippen LogP) is -0.907. The third kappa shape index (κ3) is 26.9. The molecular formula is C46H76N10O13. The number of aromatic hydroxyl groups is 1. The SMILES string of the molecule is CC.CCC(=O)NC(C)(C)C(=O)NCC(=O)NC.CCC(=O)N[C@@H](Cc1ccc(O)cc1)C(=O)NC(C(=O)N[C@@H](CCC(N)=O)C(=O)N[C@@H](CC(N)=O)C(=O)NC(CCC(C)=O)C(C)=O)C(C)CC. The minimum Gasteiger partial charge on any atom is -0.508 e. The maximum Gasteiger partial charge on any atom is 0.245 e. The van der Waals surface area contributed by atoms with Crippen molar-refractivity contribution in [1.29, 1.82) is 0 Å². The van der Waals surface area contributed by atoms with Crippen molar-refractivity contribution in [3.63, 3.8) is 0 Å². The minimum atomic E-state index is -1.60. The number of phenolic OH excluding ortho intramolecular Hbond substituents is 1. The summed E-state index contributed by atoms with van der Waals surface area (Å²) in [6, 6.07) is -0.551. The molecule has 69 heavy (non-hydrogen) atoms. The van der Waals surface area contributed by atoms with Crippen molar-refractivity contribution in [3.8, 4) is 5.75 Å². The van der Waals surface area contributed by atoms with Crippen LogP contribution < -0.4 is 54.0 Å². The molecule has 0 heterocycles. The maximum atomic E-state index is 13.7. The molecule has 388 valence electrons. The number of ketones is 2. The zero-order valence-corrected chi connectivity index (χ0v) is 41.8. The number of nitrogens with one attached hydrogen (secondary N) is 8. The van der Waals surface area contributed by atoms with Crippen LogP contribution in [0.4, 0.5) is 0 Å². The Morgan fingerprint density at radius 1 is 0.638 bits per heavy atom. The lowest BCUT2D eigenvalue weighted by atomic mass is 9.96. The summed E-state index contributed by atoms with van der Waals surface area (Å²) in [5, 5.41) is 29.5. The maximum absolute atomic E-state index is 13.7. The molecule has 0 spiro atoms. The Kier molecular flexibility index (Phi) is 31.2. The molecule has 0 bridgehead atoms. The highest BCUT2D eigenvalue weighted by Crippen LogP contribution is 2.14. The van der Waals surface area contributed by atoms with Crippen LogP contribution in [0, 0.1) is 5.92 Å². The third-order valence-corrected chi connectivity index (χ3v) is 10.1. The van der Waals surface area contributed by atoms with Crippen LogP contribution >= 0.6 is 0 Å². The molecule has 1 aromatic carbocycles. The van der Waals surface area contributed by atoms with Gasteiger partial charge in [-0.3, -0.25) is 52.7 Å². The Labute approximate surface area is 404 Å². The largest absolute Gasteiger partial charge is 0.508 e. The molecule has 1 rings (SSSR count). The first-order valence-corrected chi connectivity index (χ1v) is 22.9. The zero-order valence-electron chi connectivity index (χ0n) is 41.8. The van der Waals surface area contributed by atoms with Crippen molar-refractivity contribution in [2.24, 2.45) is 17.4 Å². The molecule has 13 N–H and O–H groups in total. The summed E-state index contributed by atoms with van der Waals surface area (Å²) in [5.74, 6) is -7.78. The van der Waals surface area contributed by atoms with Gasteiger partial charge in [-0.2, -0.15) is 0 Å². The fourth-order valence-corrected chi connectivity index (χ4v) is 5.79. The smallest absolute Gasteiger partial charge is 0.245 e. The second-order valence-electron chi connectivity index (χ2n) is 16.3. The quantitative estimate of drug-likeness (QED) is 0.0485. The van der Waals surface area contributed by atoms with Crippen molar-refractivity contribution >= 4 is 70.6 Å². The van der Waals surface area contributed by atoms with Crippen molar-refractivity contribution in [3.05, 3.63) is 29.8 Å². The van der Waals surface area contributed by atoms with Crippen LogP contribution in [0.1, 0.15) is 126 Å². The average molecular weight is 977 g/mol. The highest BCUT2D eigenvalue weighted by atomic mass is 16.3. The van der Waals surface area contributed by atoms with E-state index in [0.717, 1.165) is 0 Å². The standard InChI is InChI=1S/C34H51N7O10.C10H19N3O3.C2H6/c1-6-18(3)30(41-33(50)25(37-29(47)7-2)16-21-9-11-22(44)12-10-21)34(51)39-24(14-15-27(35)45)31(48)40-26(17-28(36)46)32(49)38-23(20(5)43)13-8-19(4)42;1-5-7(14)13-10(2,3)9(16)12-6-8(15)11-4;1-2/h9-12,18,23-26,30,44H,6-8,13-17H2,1-5H3,(H2,35,45)(H2,36,46)(H,37,47)(H,38,49)(H,39,51)(H,40,48)(H,41,50);5-6H2,1-4H3,(H,11,15)(H,12,16)(H,13,14);1-2H3/t18?,23?,24-,25-,26-,30?;;/m0../s1. The van der Waals surface area contributed by atoms with E-state index in [1.54, 1.807) is 53.7 Å². The second kappa shape index (κ2) is 33.5. The van der Waals surface area contributed by atoms with Crippen LogP contribution in [-0.4, -0.2) is 125 Å². The summed E-state index contributed by atoms with van der Waals surface area (Å²) >= 11 is 0. The van der Waals surface area contributed by atoms with Crippen LogP contribution in [0.15, 0.2) is 24.3 Å². The van der Waals surface area contributed by atoms with Crippen LogP contribution in [-0.2, 0) is 64.0 Å². The second-order valence-corrected chi connectivity index (χ2v) is 16.3. The van der Waals surface area contributed by atoms with Gasteiger partial charge < -0.3 is 63.9 Å². The Hall–Kier alpha value is -6.94. The lowest BCUT2D eigenvalue weighted by molar-refractivity contribution is -0.136. The highest BCUT2D eigenvalue weighted by Gasteiger charge is 2.35. The van der Waals surface area contributed by atoms with Crippen molar-refractivity contribution < 1.29 is 62.6 Å². The lowest BCUT2D eigenvalue weighted by Crippen LogP contribution is -2.60. The summed E-state index contributed by atoms with van der Waals surface area (Å²) in [4.78, 5) is 147. The molecule has 0 aliphatic rings. The fourth-order valence-electron chi connectivity index (χ4n) is 5.79. The fraction of sp³-hybridized carbons (Fsp3) is 0.609. The first-order valence-electron chi connectivity index (χ1n) is 22.9. The van der Waals surface area contributed by atoms with E-state index in [1.807, 2.05) is 13.8 Å². The van der Waals surface area contributed by atoms with Gasteiger partial charge >= 0.3 is 0 Å². The van der Waals surface area contributed by atoms with Crippen LogP contribution in [0.3, 0.4) is 0 Å². The van der Waals surface area contributed by atoms with E-state index in [2.05, 4.69) is 42.5 Å². The van der Waals surface area contributed by atoms with Gasteiger partial charge in [0.2, 0.25) is 59.1 Å². The van der Waals surface area contributed by atoms with Gasteiger partial charge in [0.25, 0.3) is 0 Å². The number of rotatable bonds is 28. The molecule has 0 aromatic heterocycles. The molecule has 1 aromatic rings. The van der Waals surface area contributed by atoms with Crippen molar-refractivity contribution in [2.45, 2.75) is 163 Å². The number of benzene rings is 1. The normalized spacial score (nSPS) is 13.1. The molecule has 10 amide bonds. The van der Waals surface area contributed by atoms with Crippen molar-refractivity contribution in [1.82, 2.24) is 42.5 Å². The monoisotopic (exact) mass is 977 g/mol. The average Bonchev–Trinajstić information content (AvgIpc) is 3.29. The Balaban J connectivity index is 0. The zero-order chi connectivity index (χ0) is 53.6. The number of phenols is 1. The number of nitrogens with two attached hydrogens (primary N) is 2. The predicted molar refractivity (Wildman–Crippen MR) is 255 cm³/mol. The molecule has 6 atom stereocenters. The molecular weight excluding hydrogens is 901 g/mol. The van der Waals surface area contributed by atoms with Crippen molar-refractivity contribution in [2.75, 3.05) is 13.6 Å². The van der Waals surface area contributed by atoms with Gasteiger partial charge in [0, 0.05) is 39.2 Å². The molecule has 0 aliphatic heterocycles. The molecule has 0 aliphatic carbocycles. The molecule has 0 radical (unpaired) electrons. The summed E-state index contributed by atoms with van der Waals surface area (Å²) in [5.41, 5.74) is 10.2. The van der Waals surface area contributed by atoms with E-state index in [1.165, 1.54) is 33.0 Å². The summed E-state index contributed by atoms with van der Waals surface area (Å²) in [6.45, 7) is 16.3. The number of hydrogen-bond donors (Lipinski definition) is 11. The number of primary amides is 2. The number of likely N-dealkylation sites (N-methyl/N-ethyl adjacent to an activating group) is 1. The van der Waals surface area contributed by atoms with E-state index in [0.29, 0.717) is 18.4 Å². The molecule has 23 heteroatoms. The number of amides is 10. The van der Waals surface area contributed by atoms with Crippen LogP contribution in [0.5, 0.6) is 5.75 Å². The van der Waals surface area contributed by atoms with Gasteiger partial charge in [0.1, 0.15) is 41.2 Å². The Morgan fingerprint density at radius 3 is 1.62 bits per heavy atom. The van der Waals surface area contributed by atoms with E-state index in [-0.39, 0.29) is 68.4 Å². The van der Waals surface area contributed by atoms with Gasteiger partial charge in [-0.25, -0.2) is 0 Å². The van der Waals surface area contributed by atoms with Gasteiger partial charge in [-0.05, 0) is 64.2 Å². The van der Waals surface area contributed by atoms with Crippen LogP contribution in [0.25, 0.3) is 0 Å². The number of hydrogen-bond acceptors (Lipinski definition) is 13. The van der Waals surface area contributed by atoms with E-state index >= 15 is 0 Å². The van der Waals surface area contributed by atoms with Gasteiger partial charge in [-0.1, -0.05) is 60.1 Å². The summed E-state index contributed by atoms with van der Waals surface area (Å²) in [7, 11) is 1.48. The molecule has 0 saturated heterocycles. The third-order valence-electron chi connectivity index (χ3n) is 10.1. The summed E-state index contributed by atoms with van der Waals surface area (Å²) < 4.78 is 0. The molecule has 23 nitrogen and oxygen atoms in total. The molecule has 3 unspecified atom stereocenters.